The fraction of sp³-hybridized carbons (Fsp3) is 0.250. The van der Waals surface area contributed by atoms with E-state index in [-0.39, 0.29) is 34.3 Å². The molecule has 0 amide bonds. The minimum Gasteiger partial charge on any atom is -0.462 e. The fourth-order valence-corrected chi connectivity index (χ4v) is 4.69. The molecule has 1 aromatic carbocycles. The van der Waals surface area contributed by atoms with Crippen LogP contribution in [0.3, 0.4) is 0 Å². The summed E-state index contributed by atoms with van der Waals surface area (Å²) < 4.78 is 34.2. The van der Waals surface area contributed by atoms with Crippen molar-refractivity contribution in [1.29, 1.82) is 0 Å². The number of halogens is 2. The molecule has 29 heavy (non-hydrogen) atoms. The van der Waals surface area contributed by atoms with Crippen LogP contribution in [0.15, 0.2) is 51.1 Å². The lowest BCUT2D eigenvalue weighted by molar-refractivity contribution is 0.0518. The molecule has 1 atom stereocenters. The van der Waals surface area contributed by atoms with Crippen LogP contribution in [0.2, 0.25) is 5.15 Å². The molecule has 0 radical (unpaired) electrons. The molecule has 1 saturated carbocycles. The van der Waals surface area contributed by atoms with Crippen LogP contribution in [0.4, 0.5) is 4.39 Å². The molecular weight excluding hydrogens is 419 g/mol. The highest BCUT2D eigenvalue weighted by Gasteiger charge is 2.35. The van der Waals surface area contributed by atoms with Crippen LogP contribution in [0.5, 0.6) is 0 Å². The van der Waals surface area contributed by atoms with Gasteiger partial charge in [0, 0.05) is 10.9 Å². The normalized spacial score (nSPS) is 14.7. The number of esters is 1. The molecule has 3 aromatic rings. The van der Waals surface area contributed by atoms with Gasteiger partial charge in [-0.1, -0.05) is 29.8 Å². The van der Waals surface area contributed by atoms with Gasteiger partial charge in [0.05, 0.1) is 12.0 Å². The number of carbonyl (C=O) groups is 1. The van der Waals surface area contributed by atoms with E-state index >= 15 is 0 Å². The summed E-state index contributed by atoms with van der Waals surface area (Å²) in [4.78, 5) is 30.3. The molecule has 9 heteroatoms. The first-order valence-corrected chi connectivity index (χ1v) is 10.5. The van der Waals surface area contributed by atoms with Gasteiger partial charge in [0.25, 0.3) is 0 Å². The van der Waals surface area contributed by atoms with Crippen LogP contribution in [-0.2, 0) is 15.5 Å². The van der Waals surface area contributed by atoms with Crippen molar-refractivity contribution in [2.75, 3.05) is 6.61 Å². The highest BCUT2D eigenvalue weighted by molar-refractivity contribution is 7.85. The first-order chi connectivity index (χ1) is 13.9. The Kier molecular flexibility index (Phi) is 5.23. The summed E-state index contributed by atoms with van der Waals surface area (Å²) in [7, 11) is -1.87. The molecule has 0 bridgehead atoms. The van der Waals surface area contributed by atoms with Crippen molar-refractivity contribution in [2.45, 2.75) is 35.7 Å². The van der Waals surface area contributed by atoms with Crippen molar-refractivity contribution >= 4 is 39.4 Å². The summed E-state index contributed by atoms with van der Waals surface area (Å²) in [6.07, 6.45) is 1.49. The van der Waals surface area contributed by atoms with Gasteiger partial charge < -0.3 is 9.30 Å². The highest BCUT2D eigenvalue weighted by Crippen LogP contribution is 2.40. The van der Waals surface area contributed by atoms with Crippen LogP contribution in [0, 0.1) is 5.82 Å². The number of ether oxygens (including phenoxy) is 1. The zero-order valence-electron chi connectivity index (χ0n) is 15.4. The Hall–Kier alpha value is -2.58. The van der Waals surface area contributed by atoms with Gasteiger partial charge in [0.1, 0.15) is 27.0 Å². The Bertz CT molecular complexity index is 1210. The van der Waals surface area contributed by atoms with Crippen molar-refractivity contribution < 1.29 is 18.1 Å². The second-order valence-electron chi connectivity index (χ2n) is 6.54. The maximum absolute atomic E-state index is 14.1. The number of hydrogen-bond donors (Lipinski definition) is 0. The van der Waals surface area contributed by atoms with Gasteiger partial charge in [0.2, 0.25) is 5.43 Å². The molecule has 150 valence electrons. The smallest absolute Gasteiger partial charge is 0.344 e. The summed E-state index contributed by atoms with van der Waals surface area (Å²) in [5, 5.41) is -0.493. The molecule has 1 fully saturated rings. The number of benzene rings is 1. The maximum Gasteiger partial charge on any atom is 0.344 e. The van der Waals surface area contributed by atoms with Crippen LogP contribution in [-0.4, -0.2) is 26.3 Å². The van der Waals surface area contributed by atoms with Crippen LogP contribution in [0.1, 0.15) is 36.2 Å². The third kappa shape index (κ3) is 3.47. The lowest BCUT2D eigenvalue weighted by atomic mass is 10.2. The maximum atomic E-state index is 14.1. The van der Waals surface area contributed by atoms with Crippen molar-refractivity contribution in [3.63, 3.8) is 0 Å². The molecule has 0 saturated heterocycles. The second kappa shape index (κ2) is 7.68. The minimum atomic E-state index is -1.87. The van der Waals surface area contributed by atoms with E-state index in [9.17, 15) is 18.2 Å². The Balaban J connectivity index is 2.13. The average molecular weight is 435 g/mol. The van der Waals surface area contributed by atoms with E-state index in [1.807, 2.05) is 0 Å². The van der Waals surface area contributed by atoms with Gasteiger partial charge >= 0.3 is 5.97 Å². The van der Waals surface area contributed by atoms with Crippen molar-refractivity contribution in [3.8, 4) is 0 Å². The number of aromatic nitrogens is 2. The molecule has 6 nitrogen and oxygen atoms in total. The van der Waals surface area contributed by atoms with E-state index in [0.717, 1.165) is 18.9 Å². The Morgan fingerprint density at radius 2 is 2.03 bits per heavy atom. The zero-order chi connectivity index (χ0) is 20.7. The van der Waals surface area contributed by atoms with Gasteiger partial charge in [-0.05, 0) is 38.0 Å². The summed E-state index contributed by atoms with van der Waals surface area (Å²) in [6, 6.07) is 9.31. The average Bonchev–Trinajstić information content (AvgIpc) is 3.54. The fourth-order valence-electron chi connectivity index (χ4n) is 3.15. The molecule has 1 unspecified atom stereocenters. The summed E-state index contributed by atoms with van der Waals surface area (Å²) in [5.41, 5.74) is -1.04. The SMILES string of the molecule is CCOC(=O)c1c(S(=O)c2ccccc2)n(C2CC2)c2nc(Cl)c(F)cc2c1=O. The second-order valence-corrected chi connectivity index (χ2v) is 8.30. The zero-order valence-corrected chi connectivity index (χ0v) is 16.9. The third-order valence-electron chi connectivity index (χ3n) is 4.57. The first kappa shape index (κ1) is 19.7. The topological polar surface area (TPSA) is 78.3 Å². The summed E-state index contributed by atoms with van der Waals surface area (Å²) in [6.45, 7) is 1.64. The largest absolute Gasteiger partial charge is 0.462 e. The lowest BCUT2D eigenvalue weighted by Gasteiger charge is -2.18. The Morgan fingerprint density at radius 1 is 1.34 bits per heavy atom. The molecule has 0 aliphatic heterocycles. The quantitative estimate of drug-likeness (QED) is 0.450. The number of nitrogens with zero attached hydrogens (tertiary/aromatic N) is 2. The minimum absolute atomic E-state index is 0.00447. The van der Waals surface area contributed by atoms with E-state index in [1.54, 1.807) is 41.8 Å². The number of fused-ring (bicyclic) bond motifs is 1. The Labute approximate surface area is 172 Å². The molecule has 4 rings (SSSR count). The molecule has 0 N–H and O–H groups in total. The standard InChI is InChI=1S/C20H16ClFN2O4S/c1-2-28-20(26)15-16(25)13-10-14(22)17(21)23-18(13)24(11-8-9-11)19(15)29(27)12-6-4-3-5-7-12/h3-7,10-11H,2,8-9H2,1H3. The predicted octanol–water partition coefficient (Wildman–Crippen LogP) is 3.87. The van der Waals surface area contributed by atoms with Crippen molar-refractivity contribution in [2.24, 2.45) is 0 Å². The molecule has 1 aliphatic rings. The van der Waals surface area contributed by atoms with E-state index in [1.165, 1.54) is 0 Å². The van der Waals surface area contributed by atoms with E-state index in [4.69, 9.17) is 16.3 Å². The first-order valence-electron chi connectivity index (χ1n) is 9.02. The number of rotatable bonds is 5. The van der Waals surface area contributed by atoms with Crippen LogP contribution < -0.4 is 5.43 Å². The van der Waals surface area contributed by atoms with Crippen molar-refractivity contribution in [1.82, 2.24) is 9.55 Å². The molecule has 2 heterocycles. The molecule has 1 aliphatic carbocycles. The monoisotopic (exact) mass is 434 g/mol. The van der Waals surface area contributed by atoms with Crippen LogP contribution >= 0.6 is 11.6 Å². The highest BCUT2D eigenvalue weighted by atomic mass is 35.5. The van der Waals surface area contributed by atoms with Gasteiger partial charge in [-0.25, -0.2) is 18.4 Å². The Morgan fingerprint density at radius 3 is 2.66 bits per heavy atom. The number of pyridine rings is 2. The summed E-state index contributed by atoms with van der Waals surface area (Å²) in [5.74, 6) is -1.77. The molecular formula is C20H16ClFN2O4S. The van der Waals surface area contributed by atoms with E-state index < -0.39 is 33.2 Å². The van der Waals surface area contributed by atoms with Crippen molar-refractivity contribution in [3.05, 3.63) is 63.2 Å². The summed E-state index contributed by atoms with van der Waals surface area (Å²) >= 11 is 5.87. The van der Waals surface area contributed by atoms with E-state index in [2.05, 4.69) is 4.98 Å². The van der Waals surface area contributed by atoms with Gasteiger partial charge in [-0.15, -0.1) is 0 Å². The number of hydrogen-bond acceptors (Lipinski definition) is 5. The number of carbonyl (C=O) groups excluding carboxylic acids is 1. The molecule has 0 spiro atoms. The predicted molar refractivity (Wildman–Crippen MR) is 106 cm³/mol. The molecule has 2 aromatic heterocycles. The van der Waals surface area contributed by atoms with Gasteiger partial charge in [-0.2, -0.15) is 0 Å². The lowest BCUT2D eigenvalue weighted by Crippen LogP contribution is -2.27. The van der Waals surface area contributed by atoms with Gasteiger partial charge in [0.15, 0.2) is 11.0 Å². The van der Waals surface area contributed by atoms with E-state index in [0.29, 0.717) is 4.90 Å². The van der Waals surface area contributed by atoms with Gasteiger partial charge in [-0.3, -0.25) is 4.79 Å². The third-order valence-corrected chi connectivity index (χ3v) is 6.29. The van der Waals surface area contributed by atoms with Crippen LogP contribution in [0.25, 0.3) is 11.0 Å².